The number of ether oxygens (including phenoxy) is 2. The van der Waals surface area contributed by atoms with Gasteiger partial charge in [-0.05, 0) is 0 Å². The lowest BCUT2D eigenvalue weighted by Crippen LogP contribution is -2.41. The summed E-state index contributed by atoms with van der Waals surface area (Å²) in [6, 6.07) is 0. The van der Waals surface area contributed by atoms with Gasteiger partial charge in [0.25, 0.3) is 0 Å². The molecule has 1 saturated carbocycles. The van der Waals surface area contributed by atoms with Gasteiger partial charge in [-0.3, -0.25) is 4.74 Å². The van der Waals surface area contributed by atoms with Crippen LogP contribution < -0.4 is 0 Å². The molecular weight excluding hydrogens is 205 g/mol. The lowest BCUT2D eigenvalue weighted by atomic mass is 9.92. The SMILES string of the molecule is O=C(O)COC1CC(OC(F)(F)F)C1. The van der Waals surface area contributed by atoms with E-state index in [1.807, 2.05) is 0 Å². The van der Waals surface area contributed by atoms with Crippen LogP contribution in [0.2, 0.25) is 0 Å². The molecule has 1 N–H and O–H groups in total. The quantitative estimate of drug-likeness (QED) is 0.762. The Morgan fingerprint density at radius 1 is 1.36 bits per heavy atom. The first-order chi connectivity index (χ1) is 6.37. The third-order valence-corrected chi connectivity index (χ3v) is 1.79. The molecule has 14 heavy (non-hydrogen) atoms. The summed E-state index contributed by atoms with van der Waals surface area (Å²) < 4.78 is 43.3. The highest BCUT2D eigenvalue weighted by molar-refractivity contribution is 5.68. The molecule has 4 nitrogen and oxygen atoms in total. The van der Waals surface area contributed by atoms with Crippen LogP contribution in [0.4, 0.5) is 13.2 Å². The average Bonchev–Trinajstić information content (AvgIpc) is 1.90. The van der Waals surface area contributed by atoms with Crippen LogP contribution in [0.25, 0.3) is 0 Å². The number of carbonyl (C=O) groups is 1. The monoisotopic (exact) mass is 214 g/mol. The third-order valence-electron chi connectivity index (χ3n) is 1.79. The molecule has 1 aliphatic carbocycles. The molecule has 0 spiro atoms. The van der Waals surface area contributed by atoms with Crippen molar-refractivity contribution in [3.8, 4) is 0 Å². The highest BCUT2D eigenvalue weighted by Gasteiger charge is 2.40. The summed E-state index contributed by atoms with van der Waals surface area (Å²) in [5.41, 5.74) is 0. The van der Waals surface area contributed by atoms with Gasteiger partial charge in [-0.2, -0.15) is 0 Å². The van der Waals surface area contributed by atoms with Crippen LogP contribution in [0.15, 0.2) is 0 Å². The van der Waals surface area contributed by atoms with E-state index in [2.05, 4.69) is 4.74 Å². The van der Waals surface area contributed by atoms with Crippen molar-refractivity contribution in [3.63, 3.8) is 0 Å². The smallest absolute Gasteiger partial charge is 0.480 e. The second-order valence-corrected chi connectivity index (χ2v) is 2.98. The van der Waals surface area contributed by atoms with Crippen LogP contribution in [0.3, 0.4) is 0 Å². The van der Waals surface area contributed by atoms with Gasteiger partial charge in [-0.1, -0.05) is 0 Å². The standard InChI is InChI=1S/C7H9F3O4/c8-7(9,10)14-5-1-4(2-5)13-3-6(11)12/h4-5H,1-3H2,(H,11,12). The van der Waals surface area contributed by atoms with Crippen LogP contribution in [0.5, 0.6) is 0 Å². The van der Waals surface area contributed by atoms with E-state index in [1.165, 1.54) is 0 Å². The molecule has 82 valence electrons. The molecule has 0 aromatic heterocycles. The maximum absolute atomic E-state index is 11.6. The molecule has 0 radical (unpaired) electrons. The first kappa shape index (κ1) is 11.3. The summed E-state index contributed by atoms with van der Waals surface area (Å²) in [5.74, 6) is -1.13. The number of aliphatic carboxylic acids is 1. The largest absolute Gasteiger partial charge is 0.522 e. The van der Waals surface area contributed by atoms with Gasteiger partial charge in [0.05, 0.1) is 12.2 Å². The van der Waals surface area contributed by atoms with Gasteiger partial charge >= 0.3 is 12.3 Å². The molecule has 0 saturated heterocycles. The topological polar surface area (TPSA) is 55.8 Å². The van der Waals surface area contributed by atoms with Crippen molar-refractivity contribution in [2.45, 2.75) is 31.4 Å². The number of carboxylic acids is 1. The molecule has 1 aliphatic rings. The van der Waals surface area contributed by atoms with Gasteiger partial charge in [-0.25, -0.2) is 4.79 Å². The average molecular weight is 214 g/mol. The second kappa shape index (κ2) is 4.14. The predicted molar refractivity (Wildman–Crippen MR) is 37.5 cm³/mol. The fourth-order valence-corrected chi connectivity index (χ4v) is 1.13. The van der Waals surface area contributed by atoms with Crippen LogP contribution in [0, 0.1) is 0 Å². The normalized spacial score (nSPS) is 27.1. The Morgan fingerprint density at radius 2 is 1.93 bits per heavy atom. The summed E-state index contributed by atoms with van der Waals surface area (Å²) in [5, 5.41) is 8.20. The molecule has 0 atom stereocenters. The summed E-state index contributed by atoms with van der Waals surface area (Å²) in [6.07, 6.45) is -5.77. The van der Waals surface area contributed by atoms with Gasteiger partial charge in [0.2, 0.25) is 0 Å². The number of alkyl halides is 3. The number of hydrogen-bond donors (Lipinski definition) is 1. The van der Waals surface area contributed by atoms with Crippen molar-refractivity contribution >= 4 is 5.97 Å². The zero-order valence-corrected chi connectivity index (χ0v) is 7.08. The Balaban J connectivity index is 2.09. The number of rotatable bonds is 4. The number of halogens is 3. The Kier molecular flexibility index (Phi) is 3.33. The summed E-state index contributed by atoms with van der Waals surface area (Å²) in [7, 11) is 0. The predicted octanol–water partition coefficient (Wildman–Crippen LogP) is 1.15. The van der Waals surface area contributed by atoms with Crippen LogP contribution in [0.1, 0.15) is 12.8 Å². The number of carboxylic acid groups (broad SMARTS) is 1. The van der Waals surface area contributed by atoms with E-state index in [0.29, 0.717) is 0 Å². The van der Waals surface area contributed by atoms with Gasteiger partial charge in [0, 0.05) is 12.8 Å². The van der Waals surface area contributed by atoms with E-state index in [4.69, 9.17) is 9.84 Å². The van der Waals surface area contributed by atoms with Crippen LogP contribution in [-0.2, 0) is 14.3 Å². The fourth-order valence-electron chi connectivity index (χ4n) is 1.13. The molecule has 0 heterocycles. The van der Waals surface area contributed by atoms with Crippen molar-refractivity contribution in [2.24, 2.45) is 0 Å². The van der Waals surface area contributed by atoms with Crippen molar-refractivity contribution in [2.75, 3.05) is 6.61 Å². The minimum Gasteiger partial charge on any atom is -0.480 e. The molecule has 7 heteroatoms. The maximum atomic E-state index is 11.6. The van der Waals surface area contributed by atoms with E-state index >= 15 is 0 Å². The van der Waals surface area contributed by atoms with Crippen LogP contribution >= 0.6 is 0 Å². The Bertz CT molecular complexity index is 209. The van der Waals surface area contributed by atoms with Gasteiger partial charge < -0.3 is 9.84 Å². The van der Waals surface area contributed by atoms with E-state index < -0.39 is 31.1 Å². The molecule has 1 rings (SSSR count). The van der Waals surface area contributed by atoms with E-state index in [0.717, 1.165) is 0 Å². The zero-order chi connectivity index (χ0) is 10.8. The molecule has 0 aromatic rings. The number of hydrogen-bond acceptors (Lipinski definition) is 3. The van der Waals surface area contributed by atoms with E-state index in [-0.39, 0.29) is 12.8 Å². The van der Waals surface area contributed by atoms with E-state index in [9.17, 15) is 18.0 Å². The van der Waals surface area contributed by atoms with Gasteiger partial charge in [0.1, 0.15) is 6.61 Å². The molecule has 0 aliphatic heterocycles. The molecular formula is C7H9F3O4. The molecule has 1 fully saturated rings. The Morgan fingerprint density at radius 3 is 2.36 bits per heavy atom. The molecule has 0 aromatic carbocycles. The Hall–Kier alpha value is -0.820. The first-order valence-electron chi connectivity index (χ1n) is 3.95. The summed E-state index contributed by atoms with van der Waals surface area (Å²) in [4.78, 5) is 10.0. The lowest BCUT2D eigenvalue weighted by molar-refractivity contribution is -0.357. The molecule has 0 amide bonds. The minimum atomic E-state index is -4.62. The molecule has 0 bridgehead atoms. The van der Waals surface area contributed by atoms with Gasteiger partial charge in [-0.15, -0.1) is 13.2 Å². The first-order valence-corrected chi connectivity index (χ1v) is 3.95. The lowest BCUT2D eigenvalue weighted by Gasteiger charge is -2.34. The highest BCUT2D eigenvalue weighted by atomic mass is 19.4. The Labute approximate surface area is 77.6 Å². The van der Waals surface area contributed by atoms with Crippen LogP contribution in [-0.4, -0.2) is 36.3 Å². The van der Waals surface area contributed by atoms with Crippen molar-refractivity contribution in [3.05, 3.63) is 0 Å². The fraction of sp³-hybridized carbons (Fsp3) is 0.857. The maximum Gasteiger partial charge on any atom is 0.522 e. The van der Waals surface area contributed by atoms with Crippen molar-refractivity contribution in [1.82, 2.24) is 0 Å². The summed E-state index contributed by atoms with van der Waals surface area (Å²) in [6.45, 7) is -0.483. The van der Waals surface area contributed by atoms with Crippen molar-refractivity contribution in [1.29, 1.82) is 0 Å². The zero-order valence-electron chi connectivity index (χ0n) is 7.08. The summed E-state index contributed by atoms with van der Waals surface area (Å²) >= 11 is 0. The highest BCUT2D eigenvalue weighted by Crippen LogP contribution is 2.31. The van der Waals surface area contributed by atoms with Crippen molar-refractivity contribution < 1.29 is 32.5 Å². The van der Waals surface area contributed by atoms with E-state index in [1.54, 1.807) is 0 Å². The molecule has 0 unspecified atom stereocenters. The minimum absolute atomic E-state index is 0.0901. The van der Waals surface area contributed by atoms with Gasteiger partial charge in [0.15, 0.2) is 0 Å². The third kappa shape index (κ3) is 3.93. The second-order valence-electron chi connectivity index (χ2n) is 2.98.